The number of rotatable bonds is 6. The van der Waals surface area contributed by atoms with E-state index in [2.05, 4.69) is 5.32 Å². The van der Waals surface area contributed by atoms with Gasteiger partial charge in [0.1, 0.15) is 12.3 Å². The normalized spacial score (nSPS) is 19.2. The summed E-state index contributed by atoms with van der Waals surface area (Å²) in [5.74, 6) is -0.335. The molecule has 0 saturated carbocycles. The summed E-state index contributed by atoms with van der Waals surface area (Å²) in [7, 11) is 0. The van der Waals surface area contributed by atoms with Crippen LogP contribution in [0.5, 0.6) is 5.75 Å². The van der Waals surface area contributed by atoms with Gasteiger partial charge in [0.25, 0.3) is 5.91 Å². The third kappa shape index (κ3) is 5.22. The highest BCUT2D eigenvalue weighted by Gasteiger charge is 2.36. The monoisotopic (exact) mass is 465 g/mol. The summed E-state index contributed by atoms with van der Waals surface area (Å²) in [5, 5.41) is 2.93. The lowest BCUT2D eigenvalue weighted by molar-refractivity contribution is -0.142. The van der Waals surface area contributed by atoms with Gasteiger partial charge in [-0.15, -0.1) is 0 Å². The fourth-order valence-corrected chi connectivity index (χ4v) is 4.38. The molecule has 2 heterocycles. The molecule has 2 aromatic carbocycles. The molecular weight excluding hydrogens is 434 g/mol. The maximum absolute atomic E-state index is 13.6. The third-order valence-corrected chi connectivity index (χ3v) is 6.40. The Morgan fingerprint density at radius 2 is 1.91 bits per heavy atom. The zero-order valence-electron chi connectivity index (χ0n) is 19.9. The van der Waals surface area contributed by atoms with Gasteiger partial charge in [0, 0.05) is 25.8 Å². The molecule has 1 saturated heterocycles. The van der Waals surface area contributed by atoms with E-state index in [1.54, 1.807) is 23.1 Å². The standard InChI is InChI=1S/C26H31N3O5/c1-17-8-6-10-21(18(17)2)27-25(31)16-28(14-20-9-7-13-33-20)26(32)24-15-29(19(3)30)22-11-4-5-12-23(22)34-24/h4-6,8,10-12,20,24H,7,9,13-16H2,1-3H3,(H,27,31)/t20-,24-/m1/s1. The van der Waals surface area contributed by atoms with E-state index in [1.165, 1.54) is 11.8 Å². The van der Waals surface area contributed by atoms with Crippen molar-refractivity contribution in [3.63, 3.8) is 0 Å². The minimum Gasteiger partial charge on any atom is -0.476 e. The summed E-state index contributed by atoms with van der Waals surface area (Å²) in [6.07, 6.45) is 0.717. The predicted octanol–water partition coefficient (Wildman–Crippen LogP) is 3.06. The second kappa shape index (κ2) is 10.3. The first kappa shape index (κ1) is 23.8. The topological polar surface area (TPSA) is 88.2 Å². The lowest BCUT2D eigenvalue weighted by atomic mass is 10.1. The fourth-order valence-electron chi connectivity index (χ4n) is 4.38. The van der Waals surface area contributed by atoms with E-state index in [-0.39, 0.29) is 36.9 Å². The van der Waals surface area contributed by atoms with Crippen LogP contribution in [0.3, 0.4) is 0 Å². The van der Waals surface area contributed by atoms with Crippen molar-refractivity contribution in [1.29, 1.82) is 0 Å². The predicted molar refractivity (Wildman–Crippen MR) is 129 cm³/mol. The first-order chi connectivity index (χ1) is 16.3. The molecule has 8 heteroatoms. The molecule has 1 fully saturated rings. The van der Waals surface area contributed by atoms with E-state index < -0.39 is 6.10 Å². The highest BCUT2D eigenvalue weighted by atomic mass is 16.5. The number of nitrogens with zero attached hydrogens (tertiary/aromatic N) is 2. The summed E-state index contributed by atoms with van der Waals surface area (Å²) in [5.41, 5.74) is 3.42. The summed E-state index contributed by atoms with van der Waals surface area (Å²) in [6, 6.07) is 12.9. The number of carbonyl (C=O) groups is 3. The molecule has 2 atom stereocenters. The van der Waals surface area contributed by atoms with Crippen molar-refractivity contribution in [2.24, 2.45) is 0 Å². The van der Waals surface area contributed by atoms with Gasteiger partial charge in [-0.2, -0.15) is 0 Å². The quantitative estimate of drug-likeness (QED) is 0.709. The Bertz CT molecular complexity index is 1080. The van der Waals surface area contributed by atoms with E-state index in [1.807, 2.05) is 38.1 Å². The first-order valence-corrected chi connectivity index (χ1v) is 11.6. The van der Waals surface area contributed by atoms with Gasteiger partial charge in [0.15, 0.2) is 6.10 Å². The van der Waals surface area contributed by atoms with Crippen LogP contribution in [-0.2, 0) is 19.1 Å². The van der Waals surface area contributed by atoms with Crippen LogP contribution in [0.2, 0.25) is 0 Å². The molecule has 0 aliphatic carbocycles. The zero-order valence-corrected chi connectivity index (χ0v) is 19.9. The molecule has 0 bridgehead atoms. The molecule has 2 aromatic rings. The van der Waals surface area contributed by atoms with E-state index in [9.17, 15) is 14.4 Å². The maximum atomic E-state index is 13.6. The maximum Gasteiger partial charge on any atom is 0.266 e. The molecule has 0 spiro atoms. The number of benzene rings is 2. The number of para-hydroxylation sites is 2. The van der Waals surface area contributed by atoms with Gasteiger partial charge in [0.05, 0.1) is 18.3 Å². The molecule has 2 aliphatic rings. The molecule has 1 N–H and O–H groups in total. The first-order valence-electron chi connectivity index (χ1n) is 11.6. The number of nitrogens with one attached hydrogen (secondary N) is 1. The number of hydrogen-bond acceptors (Lipinski definition) is 5. The van der Waals surface area contributed by atoms with Gasteiger partial charge >= 0.3 is 0 Å². The lowest BCUT2D eigenvalue weighted by Crippen LogP contribution is -2.54. The van der Waals surface area contributed by atoms with Crippen LogP contribution in [0.4, 0.5) is 11.4 Å². The van der Waals surface area contributed by atoms with Crippen LogP contribution < -0.4 is 15.0 Å². The zero-order chi connectivity index (χ0) is 24.2. The number of carbonyl (C=O) groups excluding carboxylic acids is 3. The molecule has 0 aromatic heterocycles. The summed E-state index contributed by atoms with van der Waals surface area (Å²) in [4.78, 5) is 41.9. The fraction of sp³-hybridized carbons (Fsp3) is 0.423. The Labute approximate surface area is 199 Å². The molecule has 2 aliphatic heterocycles. The highest BCUT2D eigenvalue weighted by molar-refractivity contribution is 5.98. The number of fused-ring (bicyclic) bond motifs is 1. The minimum atomic E-state index is -0.909. The van der Waals surface area contributed by atoms with Gasteiger partial charge in [-0.1, -0.05) is 24.3 Å². The van der Waals surface area contributed by atoms with E-state index in [0.29, 0.717) is 24.6 Å². The van der Waals surface area contributed by atoms with Crippen molar-refractivity contribution < 1.29 is 23.9 Å². The van der Waals surface area contributed by atoms with Crippen LogP contribution in [0.1, 0.15) is 30.9 Å². The van der Waals surface area contributed by atoms with Crippen LogP contribution in [0, 0.1) is 13.8 Å². The van der Waals surface area contributed by atoms with Gasteiger partial charge in [-0.25, -0.2) is 0 Å². The van der Waals surface area contributed by atoms with Crippen LogP contribution >= 0.6 is 0 Å². The summed E-state index contributed by atoms with van der Waals surface area (Å²) < 4.78 is 11.7. The molecule has 34 heavy (non-hydrogen) atoms. The molecule has 0 radical (unpaired) electrons. The van der Waals surface area contributed by atoms with Gasteiger partial charge in [0.2, 0.25) is 11.8 Å². The van der Waals surface area contributed by atoms with Crippen molar-refractivity contribution in [1.82, 2.24) is 4.90 Å². The molecule has 180 valence electrons. The SMILES string of the molecule is CC(=O)N1C[C@H](C(=O)N(CC(=O)Nc2cccc(C)c2C)C[C@H]2CCCO2)Oc2ccccc21. The van der Waals surface area contributed by atoms with Gasteiger partial charge in [-0.3, -0.25) is 14.4 Å². The average molecular weight is 466 g/mol. The van der Waals surface area contributed by atoms with Gasteiger partial charge in [-0.05, 0) is 56.0 Å². The highest BCUT2D eigenvalue weighted by Crippen LogP contribution is 2.33. The molecule has 0 unspecified atom stereocenters. The van der Waals surface area contributed by atoms with Crippen LogP contribution in [0.25, 0.3) is 0 Å². The number of ether oxygens (including phenoxy) is 2. The molecule has 8 nitrogen and oxygen atoms in total. The smallest absolute Gasteiger partial charge is 0.266 e. The summed E-state index contributed by atoms with van der Waals surface area (Å²) in [6.45, 7) is 6.29. The second-order valence-electron chi connectivity index (χ2n) is 8.85. The van der Waals surface area contributed by atoms with Gasteiger partial charge < -0.3 is 24.6 Å². The van der Waals surface area contributed by atoms with E-state index in [4.69, 9.17) is 9.47 Å². The van der Waals surface area contributed by atoms with E-state index in [0.717, 1.165) is 29.7 Å². The van der Waals surface area contributed by atoms with Crippen LogP contribution in [0.15, 0.2) is 42.5 Å². The number of aryl methyl sites for hydroxylation is 1. The third-order valence-electron chi connectivity index (χ3n) is 6.40. The lowest BCUT2D eigenvalue weighted by Gasteiger charge is -2.36. The number of hydrogen-bond donors (Lipinski definition) is 1. The summed E-state index contributed by atoms with van der Waals surface area (Å²) >= 11 is 0. The largest absolute Gasteiger partial charge is 0.476 e. The van der Waals surface area contributed by atoms with Crippen molar-refractivity contribution in [2.45, 2.75) is 45.8 Å². The van der Waals surface area contributed by atoms with Crippen molar-refractivity contribution in [3.05, 3.63) is 53.6 Å². The van der Waals surface area contributed by atoms with E-state index >= 15 is 0 Å². The minimum absolute atomic E-state index is 0.0891. The second-order valence-corrected chi connectivity index (χ2v) is 8.85. The number of anilines is 2. The average Bonchev–Trinajstić information content (AvgIpc) is 3.33. The van der Waals surface area contributed by atoms with Crippen molar-refractivity contribution >= 4 is 29.1 Å². The molecule has 3 amide bonds. The molecule has 4 rings (SSSR count). The van der Waals surface area contributed by atoms with Crippen molar-refractivity contribution in [2.75, 3.05) is 36.5 Å². The van der Waals surface area contributed by atoms with Crippen molar-refractivity contribution in [3.8, 4) is 5.75 Å². The Balaban J connectivity index is 1.53. The Morgan fingerprint density at radius 1 is 1.12 bits per heavy atom. The van der Waals surface area contributed by atoms with Crippen LogP contribution in [-0.4, -0.2) is 61.1 Å². The number of amides is 3. The Hall–Kier alpha value is -3.39. The molecular formula is C26H31N3O5. The Morgan fingerprint density at radius 3 is 2.65 bits per heavy atom. The Kier molecular flexibility index (Phi) is 7.17.